The van der Waals surface area contributed by atoms with Crippen molar-refractivity contribution in [2.75, 3.05) is 0 Å². The Hall–Kier alpha value is -1.89. The van der Waals surface area contributed by atoms with Crippen LogP contribution in [0.3, 0.4) is 0 Å². The van der Waals surface area contributed by atoms with E-state index in [-0.39, 0.29) is 0 Å². The first-order chi connectivity index (χ1) is 20.6. The van der Waals surface area contributed by atoms with Gasteiger partial charge in [0.05, 0.1) is 0 Å². The Morgan fingerprint density at radius 3 is 1.26 bits per heavy atom. The molecule has 4 rings (SSSR count). The predicted molar refractivity (Wildman–Crippen MR) is 181 cm³/mol. The van der Waals surface area contributed by atoms with Crippen LogP contribution in [0, 0.1) is 11.8 Å². The summed E-state index contributed by atoms with van der Waals surface area (Å²) in [6, 6.07) is 19.1. The molecule has 0 amide bonds. The van der Waals surface area contributed by atoms with E-state index in [4.69, 9.17) is 0 Å². The van der Waals surface area contributed by atoms with Crippen LogP contribution >= 0.6 is 0 Å². The van der Waals surface area contributed by atoms with Gasteiger partial charge < -0.3 is 0 Å². The highest BCUT2D eigenvalue weighted by Crippen LogP contribution is 2.38. The number of Topliss-reactive ketones (excluding diaryl/α,β-unsaturated/α-hetero) is 1. The van der Waals surface area contributed by atoms with E-state index in [1.165, 1.54) is 114 Å². The molecule has 2 saturated carbocycles. The molecule has 0 unspecified atom stereocenters. The smallest absolute Gasteiger partial charge is 0.132 e. The van der Waals surface area contributed by atoms with E-state index in [1.807, 2.05) is 0 Å². The lowest BCUT2D eigenvalue weighted by atomic mass is 9.77. The number of benzene rings is 2. The summed E-state index contributed by atoms with van der Waals surface area (Å²) in [4.78, 5) is 12.4. The number of aryl methyl sites for hydroxylation is 2. The molecule has 0 aliphatic heterocycles. The molecular weight excluding hydrogens is 508 g/mol. The molecule has 0 atom stereocenters. The number of carbonyl (C=O) groups excluding carboxylic acids is 1. The van der Waals surface area contributed by atoms with Crippen molar-refractivity contribution in [1.82, 2.24) is 0 Å². The lowest BCUT2D eigenvalue weighted by Crippen LogP contribution is -2.13. The molecule has 2 aliphatic carbocycles. The maximum atomic E-state index is 12.4. The Kier molecular flexibility index (Phi) is 14.7. The van der Waals surface area contributed by atoms with E-state index in [1.54, 1.807) is 11.1 Å². The molecule has 232 valence electrons. The number of carbonyl (C=O) groups is 1. The third kappa shape index (κ3) is 11.3. The van der Waals surface area contributed by atoms with Gasteiger partial charge in [-0.25, -0.2) is 0 Å². The third-order valence-corrected chi connectivity index (χ3v) is 10.8. The summed E-state index contributed by atoms with van der Waals surface area (Å²) in [6.45, 7) is 4.65. The average Bonchev–Trinajstić information content (AvgIpc) is 3.02. The van der Waals surface area contributed by atoms with E-state index >= 15 is 0 Å². The topological polar surface area (TPSA) is 17.1 Å². The van der Waals surface area contributed by atoms with Gasteiger partial charge in [0, 0.05) is 12.8 Å². The Bertz CT molecular complexity index is 905. The molecule has 0 saturated heterocycles. The molecule has 1 nitrogen and oxygen atoms in total. The minimum Gasteiger partial charge on any atom is -0.300 e. The van der Waals surface area contributed by atoms with Gasteiger partial charge in [-0.15, -0.1) is 0 Å². The second kappa shape index (κ2) is 18.7. The zero-order valence-corrected chi connectivity index (χ0v) is 27.4. The number of unbranched alkanes of at least 4 members (excludes halogenated alkanes) is 4. The predicted octanol–water partition coefficient (Wildman–Crippen LogP) is 12.3. The van der Waals surface area contributed by atoms with Crippen molar-refractivity contribution in [2.24, 2.45) is 11.8 Å². The summed E-state index contributed by atoms with van der Waals surface area (Å²) < 4.78 is 0. The average molecular weight is 571 g/mol. The van der Waals surface area contributed by atoms with Crippen molar-refractivity contribution in [3.8, 4) is 0 Å². The van der Waals surface area contributed by atoms with Crippen molar-refractivity contribution < 1.29 is 4.79 Å². The highest BCUT2D eigenvalue weighted by atomic mass is 16.1. The van der Waals surface area contributed by atoms with E-state index in [9.17, 15) is 4.79 Å². The summed E-state index contributed by atoms with van der Waals surface area (Å²) in [5.74, 6) is 4.01. The summed E-state index contributed by atoms with van der Waals surface area (Å²) >= 11 is 0. The van der Waals surface area contributed by atoms with E-state index < -0.39 is 0 Å². The van der Waals surface area contributed by atoms with Crippen LogP contribution in [0.5, 0.6) is 0 Å². The molecule has 2 aromatic rings. The van der Waals surface area contributed by atoms with Crippen LogP contribution < -0.4 is 0 Å². The minimum atomic E-state index is 0.478. The quantitative estimate of drug-likeness (QED) is 0.163. The van der Waals surface area contributed by atoms with Crippen molar-refractivity contribution in [1.29, 1.82) is 0 Å². The van der Waals surface area contributed by atoms with Gasteiger partial charge in [-0.05, 0) is 136 Å². The SMILES string of the molecule is CCCC1CCC(c2ccc(CCCCCC(=O)CCCCCc3ccc(C4CCC(CCC)CC4)cc3)cc2)CC1. The fraction of sp³-hybridized carbons (Fsp3) is 0.683. The Morgan fingerprint density at radius 1 is 0.524 bits per heavy atom. The van der Waals surface area contributed by atoms with E-state index in [0.29, 0.717) is 5.78 Å². The van der Waals surface area contributed by atoms with Crippen molar-refractivity contribution >= 4 is 5.78 Å². The molecule has 0 spiro atoms. The summed E-state index contributed by atoms with van der Waals surface area (Å²) in [5.41, 5.74) is 6.06. The van der Waals surface area contributed by atoms with Gasteiger partial charge in [-0.1, -0.05) is 101 Å². The van der Waals surface area contributed by atoms with Gasteiger partial charge in [0.2, 0.25) is 0 Å². The molecule has 1 heteroatoms. The lowest BCUT2D eigenvalue weighted by molar-refractivity contribution is -0.119. The second-order valence-corrected chi connectivity index (χ2v) is 14.2. The fourth-order valence-electron chi connectivity index (χ4n) is 8.08. The van der Waals surface area contributed by atoms with Gasteiger partial charge >= 0.3 is 0 Å². The van der Waals surface area contributed by atoms with Gasteiger partial charge in [0.15, 0.2) is 0 Å². The zero-order valence-electron chi connectivity index (χ0n) is 27.4. The minimum absolute atomic E-state index is 0.478. The summed E-state index contributed by atoms with van der Waals surface area (Å²) in [6.07, 6.45) is 27.5. The van der Waals surface area contributed by atoms with Crippen LogP contribution in [-0.2, 0) is 17.6 Å². The van der Waals surface area contributed by atoms with Crippen molar-refractivity contribution in [2.45, 2.75) is 167 Å². The molecule has 2 fully saturated rings. The summed E-state index contributed by atoms with van der Waals surface area (Å²) in [5, 5.41) is 0. The van der Waals surface area contributed by atoms with Crippen LogP contribution in [0.25, 0.3) is 0 Å². The van der Waals surface area contributed by atoms with Crippen LogP contribution in [0.1, 0.15) is 176 Å². The van der Waals surface area contributed by atoms with Crippen LogP contribution in [0.4, 0.5) is 0 Å². The largest absolute Gasteiger partial charge is 0.300 e. The molecule has 2 aliphatic rings. The van der Waals surface area contributed by atoms with E-state index in [0.717, 1.165) is 62.2 Å². The van der Waals surface area contributed by atoms with Crippen LogP contribution in [0.2, 0.25) is 0 Å². The van der Waals surface area contributed by atoms with Gasteiger partial charge in [0.25, 0.3) is 0 Å². The second-order valence-electron chi connectivity index (χ2n) is 14.2. The standard InChI is InChI=1S/C41H62O/c1-3-11-33-17-25-37(26-18-33)39-29-21-35(22-30-39)13-7-5-9-15-41(42)16-10-6-8-14-36-23-31-40(32-24-36)38-27-19-34(12-4-2)20-28-38/h21-24,29-34,37-38H,3-20,25-28H2,1-2H3. The van der Waals surface area contributed by atoms with Gasteiger partial charge in [-0.3, -0.25) is 4.79 Å². The van der Waals surface area contributed by atoms with Gasteiger partial charge in [-0.2, -0.15) is 0 Å². The normalized spacial score (nSPS) is 22.7. The molecule has 42 heavy (non-hydrogen) atoms. The first kappa shape index (κ1) is 33.0. The number of ketones is 1. The Morgan fingerprint density at radius 2 is 0.905 bits per heavy atom. The first-order valence-electron chi connectivity index (χ1n) is 18.3. The Balaban J connectivity index is 0.994. The van der Waals surface area contributed by atoms with Crippen LogP contribution in [0.15, 0.2) is 48.5 Å². The lowest BCUT2D eigenvalue weighted by Gasteiger charge is -2.28. The molecular formula is C41H62O. The van der Waals surface area contributed by atoms with Crippen molar-refractivity contribution in [3.05, 3.63) is 70.8 Å². The van der Waals surface area contributed by atoms with E-state index in [2.05, 4.69) is 62.4 Å². The molecule has 0 N–H and O–H groups in total. The highest BCUT2D eigenvalue weighted by molar-refractivity contribution is 5.78. The number of hydrogen-bond donors (Lipinski definition) is 0. The highest BCUT2D eigenvalue weighted by Gasteiger charge is 2.22. The molecule has 0 radical (unpaired) electrons. The molecule has 2 aromatic carbocycles. The molecule has 0 aromatic heterocycles. The molecule has 0 heterocycles. The maximum absolute atomic E-state index is 12.4. The zero-order chi connectivity index (χ0) is 29.4. The van der Waals surface area contributed by atoms with Crippen molar-refractivity contribution in [3.63, 3.8) is 0 Å². The third-order valence-electron chi connectivity index (χ3n) is 10.8. The monoisotopic (exact) mass is 570 g/mol. The fourth-order valence-corrected chi connectivity index (χ4v) is 8.08. The number of rotatable bonds is 18. The van der Waals surface area contributed by atoms with Gasteiger partial charge in [0.1, 0.15) is 5.78 Å². The van der Waals surface area contributed by atoms with Crippen LogP contribution in [-0.4, -0.2) is 5.78 Å². The first-order valence-corrected chi connectivity index (χ1v) is 18.3. The maximum Gasteiger partial charge on any atom is 0.132 e. The molecule has 0 bridgehead atoms. The summed E-state index contributed by atoms with van der Waals surface area (Å²) in [7, 11) is 0. The Labute approximate surface area is 259 Å². The number of hydrogen-bond acceptors (Lipinski definition) is 1.